The van der Waals surface area contributed by atoms with Gasteiger partial charge in [0.15, 0.2) is 0 Å². The summed E-state index contributed by atoms with van der Waals surface area (Å²) in [5, 5.41) is 20.1. The van der Waals surface area contributed by atoms with Gasteiger partial charge in [-0.1, -0.05) is 6.07 Å². The molecule has 0 aliphatic heterocycles. The molecule has 0 saturated heterocycles. The van der Waals surface area contributed by atoms with Gasteiger partial charge >= 0.3 is 5.97 Å². The van der Waals surface area contributed by atoms with Crippen molar-refractivity contribution in [3.63, 3.8) is 0 Å². The topological polar surface area (TPSA) is 85.4 Å². The summed E-state index contributed by atoms with van der Waals surface area (Å²) in [5.74, 6) is -1.10. The highest BCUT2D eigenvalue weighted by atomic mass is 16.6. The van der Waals surface area contributed by atoms with E-state index in [1.807, 2.05) is 0 Å². The Bertz CT molecular complexity index is 600. The number of para-hydroxylation sites is 1. The molecule has 6 heteroatoms. The van der Waals surface area contributed by atoms with Crippen molar-refractivity contribution in [3.8, 4) is 0 Å². The number of carboxylic acids is 1. The maximum absolute atomic E-state index is 11.0. The predicted octanol–water partition coefficient (Wildman–Crippen LogP) is 1.78. The quantitative estimate of drug-likeness (QED) is 0.617. The molecule has 0 radical (unpaired) electrons. The molecule has 1 heterocycles. The maximum Gasteiger partial charge on any atom is 0.337 e. The highest BCUT2D eigenvalue weighted by Gasteiger charge is 2.20. The van der Waals surface area contributed by atoms with Gasteiger partial charge in [0.05, 0.1) is 27.6 Å². The molecule has 0 amide bonds. The van der Waals surface area contributed by atoms with Gasteiger partial charge in [-0.15, -0.1) is 0 Å². The van der Waals surface area contributed by atoms with Crippen LogP contribution in [0.3, 0.4) is 0 Å². The molecule has 0 unspecified atom stereocenters. The number of aromatic nitrogens is 1. The summed E-state index contributed by atoms with van der Waals surface area (Å²) in [4.78, 5) is 21.2. The Morgan fingerprint density at radius 2 is 2.19 bits per heavy atom. The second-order valence-corrected chi connectivity index (χ2v) is 3.39. The average Bonchev–Trinajstić information content (AvgIpc) is 2.56. The normalized spacial score (nSPS) is 10.6. The second kappa shape index (κ2) is 3.34. The van der Waals surface area contributed by atoms with Gasteiger partial charge < -0.3 is 9.67 Å². The van der Waals surface area contributed by atoms with Crippen LogP contribution in [0.5, 0.6) is 0 Å². The number of carbonyl (C=O) groups is 1. The highest BCUT2D eigenvalue weighted by Crippen LogP contribution is 2.29. The van der Waals surface area contributed by atoms with Gasteiger partial charge in [-0.05, 0) is 12.1 Å². The van der Waals surface area contributed by atoms with Crippen LogP contribution in [-0.2, 0) is 7.05 Å². The van der Waals surface area contributed by atoms with Crippen molar-refractivity contribution in [1.29, 1.82) is 0 Å². The second-order valence-electron chi connectivity index (χ2n) is 3.39. The minimum absolute atomic E-state index is 0.0631. The Hall–Kier alpha value is -2.37. The minimum atomic E-state index is -1.10. The lowest BCUT2D eigenvalue weighted by Crippen LogP contribution is -1.99. The standard InChI is InChI=1S/C10H8N2O4/c1-11-5-8(12(15)16)6-3-2-4-7(9(6)11)10(13)14/h2-5H,1H3,(H,13,14). The molecule has 0 atom stereocenters. The third-order valence-corrected chi connectivity index (χ3v) is 2.41. The Kier molecular flexibility index (Phi) is 2.12. The molecule has 82 valence electrons. The summed E-state index contributed by atoms with van der Waals surface area (Å²) in [6, 6.07) is 4.47. The number of hydrogen-bond donors (Lipinski definition) is 1. The molecule has 1 aromatic heterocycles. The van der Waals surface area contributed by atoms with E-state index in [9.17, 15) is 14.9 Å². The van der Waals surface area contributed by atoms with E-state index in [1.54, 1.807) is 13.1 Å². The van der Waals surface area contributed by atoms with Crippen molar-refractivity contribution >= 4 is 22.6 Å². The zero-order valence-corrected chi connectivity index (χ0v) is 8.38. The summed E-state index contributed by atoms with van der Waals surface area (Å²) < 4.78 is 1.46. The van der Waals surface area contributed by atoms with Crippen LogP contribution in [-0.4, -0.2) is 20.6 Å². The van der Waals surface area contributed by atoms with Gasteiger partial charge in [-0.25, -0.2) is 4.79 Å². The Labute approximate surface area is 89.9 Å². The minimum Gasteiger partial charge on any atom is -0.478 e. The number of benzene rings is 1. The van der Waals surface area contributed by atoms with Crippen molar-refractivity contribution in [2.75, 3.05) is 0 Å². The van der Waals surface area contributed by atoms with Crippen LogP contribution in [0.2, 0.25) is 0 Å². The molecule has 2 rings (SSSR count). The molecule has 0 bridgehead atoms. The molecule has 16 heavy (non-hydrogen) atoms. The molecule has 2 aromatic rings. The Morgan fingerprint density at radius 1 is 1.50 bits per heavy atom. The van der Waals surface area contributed by atoms with E-state index in [1.165, 1.54) is 22.9 Å². The fourth-order valence-corrected chi connectivity index (χ4v) is 1.77. The molecule has 6 nitrogen and oxygen atoms in total. The number of rotatable bonds is 2. The first-order valence-electron chi connectivity index (χ1n) is 4.48. The molecule has 1 N–H and O–H groups in total. The van der Waals surface area contributed by atoms with E-state index in [0.29, 0.717) is 10.9 Å². The van der Waals surface area contributed by atoms with Crippen LogP contribution in [0, 0.1) is 10.1 Å². The summed E-state index contributed by atoms with van der Waals surface area (Å²) in [6.07, 6.45) is 1.32. The first-order valence-corrected chi connectivity index (χ1v) is 4.48. The number of fused-ring (bicyclic) bond motifs is 1. The number of carboxylic acid groups (broad SMARTS) is 1. The first-order chi connectivity index (χ1) is 7.52. The molecule has 0 aliphatic carbocycles. The number of nitrogens with zero attached hydrogens (tertiary/aromatic N) is 2. The van der Waals surface area contributed by atoms with Crippen molar-refractivity contribution in [2.24, 2.45) is 7.05 Å². The number of aryl methyl sites for hydroxylation is 1. The largest absolute Gasteiger partial charge is 0.478 e. The van der Waals surface area contributed by atoms with Crippen LogP contribution in [0.25, 0.3) is 10.9 Å². The lowest BCUT2D eigenvalue weighted by molar-refractivity contribution is -0.383. The molecule has 0 saturated carbocycles. The lowest BCUT2D eigenvalue weighted by Gasteiger charge is -1.99. The summed E-state index contributed by atoms with van der Waals surface area (Å²) in [7, 11) is 1.59. The van der Waals surface area contributed by atoms with Gasteiger partial charge in [0.2, 0.25) is 0 Å². The van der Waals surface area contributed by atoms with Crippen LogP contribution in [0.4, 0.5) is 5.69 Å². The Morgan fingerprint density at radius 3 is 2.75 bits per heavy atom. The fourth-order valence-electron chi connectivity index (χ4n) is 1.77. The average molecular weight is 220 g/mol. The zero-order chi connectivity index (χ0) is 11.9. The summed E-state index contributed by atoms with van der Waals surface area (Å²) in [5.41, 5.74) is 0.343. The van der Waals surface area contributed by atoms with Crippen molar-refractivity contribution in [2.45, 2.75) is 0 Å². The van der Waals surface area contributed by atoms with Crippen LogP contribution in [0.15, 0.2) is 24.4 Å². The van der Waals surface area contributed by atoms with E-state index in [0.717, 1.165) is 0 Å². The molecule has 1 aromatic carbocycles. The van der Waals surface area contributed by atoms with Gasteiger partial charge in [0.25, 0.3) is 5.69 Å². The third kappa shape index (κ3) is 1.31. The maximum atomic E-state index is 11.0. The molecular formula is C10H8N2O4. The number of hydrogen-bond acceptors (Lipinski definition) is 3. The monoisotopic (exact) mass is 220 g/mol. The molecule has 0 spiro atoms. The van der Waals surface area contributed by atoms with Gasteiger partial charge in [-0.2, -0.15) is 0 Å². The molecule has 0 fully saturated rings. The van der Waals surface area contributed by atoms with Crippen LogP contribution >= 0.6 is 0 Å². The van der Waals surface area contributed by atoms with Crippen molar-refractivity contribution in [3.05, 3.63) is 40.1 Å². The van der Waals surface area contributed by atoms with Gasteiger partial charge in [0, 0.05) is 7.05 Å². The lowest BCUT2D eigenvalue weighted by atomic mass is 10.1. The van der Waals surface area contributed by atoms with Gasteiger partial charge in [-0.3, -0.25) is 10.1 Å². The van der Waals surface area contributed by atoms with Crippen molar-refractivity contribution in [1.82, 2.24) is 4.57 Å². The molecular weight excluding hydrogens is 212 g/mol. The molecule has 0 aliphatic rings. The van der Waals surface area contributed by atoms with Gasteiger partial charge in [0.1, 0.15) is 0 Å². The Balaban J connectivity index is 2.90. The van der Waals surface area contributed by atoms with E-state index in [-0.39, 0.29) is 11.3 Å². The number of nitro groups is 1. The van der Waals surface area contributed by atoms with E-state index >= 15 is 0 Å². The van der Waals surface area contributed by atoms with E-state index in [2.05, 4.69) is 0 Å². The third-order valence-electron chi connectivity index (χ3n) is 2.41. The smallest absolute Gasteiger partial charge is 0.337 e. The highest BCUT2D eigenvalue weighted by molar-refractivity contribution is 6.05. The zero-order valence-electron chi connectivity index (χ0n) is 8.38. The number of aromatic carboxylic acids is 1. The van der Waals surface area contributed by atoms with Crippen LogP contribution < -0.4 is 0 Å². The van der Waals surface area contributed by atoms with E-state index < -0.39 is 10.9 Å². The van der Waals surface area contributed by atoms with Crippen LogP contribution in [0.1, 0.15) is 10.4 Å². The van der Waals surface area contributed by atoms with Crippen molar-refractivity contribution < 1.29 is 14.8 Å². The SMILES string of the molecule is Cn1cc([N+](=O)[O-])c2cccc(C(=O)O)c21. The first kappa shape index (κ1) is 10.2. The summed E-state index contributed by atoms with van der Waals surface area (Å²) in [6.45, 7) is 0. The fraction of sp³-hybridized carbons (Fsp3) is 0.100. The van der Waals surface area contributed by atoms with E-state index in [4.69, 9.17) is 5.11 Å². The predicted molar refractivity (Wildman–Crippen MR) is 56.5 cm³/mol. The summed E-state index contributed by atoms with van der Waals surface area (Å²) >= 11 is 0.